The first-order valence-electron chi connectivity index (χ1n) is 8.33. The first kappa shape index (κ1) is 14.8. The van der Waals surface area contributed by atoms with E-state index in [1.54, 1.807) is 0 Å². The van der Waals surface area contributed by atoms with Crippen LogP contribution in [0.1, 0.15) is 54.3 Å². The van der Waals surface area contributed by atoms with Crippen molar-refractivity contribution < 1.29 is 14.3 Å². The third-order valence-electron chi connectivity index (χ3n) is 4.80. The Morgan fingerprint density at radius 3 is 2.83 bits per heavy atom. The minimum absolute atomic E-state index is 0.227. The second-order valence-corrected chi connectivity index (χ2v) is 7.28. The van der Waals surface area contributed by atoms with Gasteiger partial charge in [-0.05, 0) is 50.8 Å². The van der Waals surface area contributed by atoms with Gasteiger partial charge in [0.25, 0.3) is 0 Å². The standard InChI is InChI=1S/C19H20O3S/c1-2-21-18(20)16-12-14-17(23-16)13-8-4-5-9-15(13)22-19(14)10-6-3-7-11-19/h4-5,8-9,12H,2-3,6-7,10-11H2,1H3. The van der Waals surface area contributed by atoms with E-state index in [4.69, 9.17) is 9.47 Å². The summed E-state index contributed by atoms with van der Waals surface area (Å²) >= 11 is 1.54. The van der Waals surface area contributed by atoms with Crippen LogP contribution in [0.15, 0.2) is 30.3 Å². The third-order valence-corrected chi connectivity index (χ3v) is 5.95. The van der Waals surface area contributed by atoms with E-state index < -0.39 is 0 Å². The van der Waals surface area contributed by atoms with Crippen molar-refractivity contribution in [3.05, 3.63) is 40.8 Å². The third kappa shape index (κ3) is 2.36. The van der Waals surface area contributed by atoms with Crippen molar-refractivity contribution in [1.82, 2.24) is 0 Å². The molecule has 4 heteroatoms. The molecule has 0 N–H and O–H groups in total. The summed E-state index contributed by atoms with van der Waals surface area (Å²) < 4.78 is 11.7. The molecule has 3 nitrogen and oxygen atoms in total. The van der Waals surface area contributed by atoms with Crippen LogP contribution in [0.2, 0.25) is 0 Å². The van der Waals surface area contributed by atoms with Crippen molar-refractivity contribution in [1.29, 1.82) is 0 Å². The second kappa shape index (κ2) is 5.68. The van der Waals surface area contributed by atoms with E-state index in [0.29, 0.717) is 11.5 Å². The molecule has 1 saturated carbocycles. The molecule has 4 rings (SSSR count). The number of para-hydroxylation sites is 1. The van der Waals surface area contributed by atoms with Crippen LogP contribution in [0.5, 0.6) is 5.75 Å². The summed E-state index contributed by atoms with van der Waals surface area (Å²) in [7, 11) is 0. The number of rotatable bonds is 2. The lowest BCUT2D eigenvalue weighted by Gasteiger charge is -2.41. The Morgan fingerprint density at radius 2 is 2.04 bits per heavy atom. The Labute approximate surface area is 140 Å². The van der Waals surface area contributed by atoms with Crippen LogP contribution in [0.4, 0.5) is 0 Å². The van der Waals surface area contributed by atoms with Gasteiger partial charge in [0.1, 0.15) is 16.2 Å². The van der Waals surface area contributed by atoms with Crippen molar-refractivity contribution in [3.63, 3.8) is 0 Å². The normalized spacial score (nSPS) is 18.0. The number of hydrogen-bond donors (Lipinski definition) is 0. The minimum Gasteiger partial charge on any atom is -0.482 e. The summed E-state index contributed by atoms with van der Waals surface area (Å²) in [4.78, 5) is 14.1. The number of esters is 1. The molecule has 2 aliphatic rings. The van der Waals surface area contributed by atoms with E-state index in [2.05, 4.69) is 6.07 Å². The van der Waals surface area contributed by atoms with Gasteiger partial charge in [-0.1, -0.05) is 18.6 Å². The number of fused-ring (bicyclic) bond motifs is 4. The maximum atomic E-state index is 12.2. The van der Waals surface area contributed by atoms with E-state index in [1.807, 2.05) is 31.2 Å². The topological polar surface area (TPSA) is 35.5 Å². The molecule has 1 fully saturated rings. The molecule has 0 saturated heterocycles. The molecular formula is C19H20O3S. The molecule has 2 heterocycles. The molecule has 0 bridgehead atoms. The monoisotopic (exact) mass is 328 g/mol. The zero-order chi connectivity index (χ0) is 15.9. The van der Waals surface area contributed by atoms with Gasteiger partial charge in [0.2, 0.25) is 0 Å². The van der Waals surface area contributed by atoms with Crippen LogP contribution in [-0.2, 0) is 10.3 Å². The average molecular weight is 328 g/mol. The quantitative estimate of drug-likeness (QED) is 0.716. The second-order valence-electron chi connectivity index (χ2n) is 6.23. The van der Waals surface area contributed by atoms with Crippen molar-refractivity contribution in [2.75, 3.05) is 6.61 Å². The minimum atomic E-state index is -0.261. The van der Waals surface area contributed by atoms with Gasteiger partial charge in [-0.25, -0.2) is 4.79 Å². The van der Waals surface area contributed by atoms with Crippen LogP contribution in [0, 0.1) is 0 Å². The van der Waals surface area contributed by atoms with Gasteiger partial charge in [0.05, 0.1) is 6.61 Å². The maximum absolute atomic E-state index is 12.2. The van der Waals surface area contributed by atoms with E-state index in [1.165, 1.54) is 41.0 Å². The van der Waals surface area contributed by atoms with E-state index in [-0.39, 0.29) is 11.6 Å². The molecule has 0 unspecified atom stereocenters. The molecule has 2 aromatic rings. The van der Waals surface area contributed by atoms with Crippen molar-refractivity contribution >= 4 is 17.3 Å². The first-order valence-corrected chi connectivity index (χ1v) is 9.15. The van der Waals surface area contributed by atoms with E-state index in [9.17, 15) is 4.79 Å². The summed E-state index contributed by atoms with van der Waals surface area (Å²) in [6.45, 7) is 2.24. The van der Waals surface area contributed by atoms with Gasteiger partial charge in [0, 0.05) is 16.0 Å². The molecule has 1 aromatic heterocycles. The Morgan fingerprint density at radius 1 is 1.26 bits per heavy atom. The summed E-state index contributed by atoms with van der Waals surface area (Å²) in [5.74, 6) is 0.717. The molecule has 23 heavy (non-hydrogen) atoms. The highest BCUT2D eigenvalue weighted by Gasteiger charge is 2.43. The molecule has 1 spiro atoms. The Bertz CT molecular complexity index is 741. The zero-order valence-electron chi connectivity index (χ0n) is 13.3. The SMILES string of the molecule is CCOC(=O)c1cc2c(s1)-c1ccccc1OC21CCCCC1. The molecule has 0 atom stereocenters. The van der Waals surface area contributed by atoms with Crippen molar-refractivity contribution in [2.24, 2.45) is 0 Å². The molecule has 1 aromatic carbocycles. The zero-order valence-corrected chi connectivity index (χ0v) is 14.1. The lowest BCUT2D eigenvalue weighted by atomic mass is 9.77. The van der Waals surface area contributed by atoms with Crippen molar-refractivity contribution in [3.8, 4) is 16.2 Å². The number of benzene rings is 1. The maximum Gasteiger partial charge on any atom is 0.348 e. The van der Waals surface area contributed by atoms with Gasteiger partial charge in [-0.3, -0.25) is 0 Å². The molecule has 120 valence electrons. The van der Waals surface area contributed by atoms with Gasteiger partial charge < -0.3 is 9.47 Å². The Kier molecular flexibility index (Phi) is 3.64. The van der Waals surface area contributed by atoms with E-state index in [0.717, 1.165) is 24.2 Å². The molecular weight excluding hydrogens is 308 g/mol. The summed E-state index contributed by atoms with van der Waals surface area (Å²) in [5.41, 5.74) is 2.02. The summed E-state index contributed by atoms with van der Waals surface area (Å²) in [5, 5.41) is 0. The smallest absolute Gasteiger partial charge is 0.348 e. The van der Waals surface area contributed by atoms with Gasteiger partial charge >= 0.3 is 5.97 Å². The van der Waals surface area contributed by atoms with Crippen LogP contribution in [0.3, 0.4) is 0 Å². The van der Waals surface area contributed by atoms with Gasteiger partial charge in [0.15, 0.2) is 0 Å². The van der Waals surface area contributed by atoms with Crippen molar-refractivity contribution in [2.45, 2.75) is 44.6 Å². The highest BCUT2D eigenvalue weighted by Crippen LogP contribution is 2.53. The van der Waals surface area contributed by atoms with Crippen LogP contribution in [-0.4, -0.2) is 12.6 Å². The number of carbonyl (C=O) groups excluding carboxylic acids is 1. The van der Waals surface area contributed by atoms with E-state index >= 15 is 0 Å². The summed E-state index contributed by atoms with van der Waals surface area (Å²) in [6.07, 6.45) is 5.65. The Hall–Kier alpha value is -1.81. The lowest BCUT2D eigenvalue weighted by Crippen LogP contribution is -2.37. The lowest BCUT2D eigenvalue weighted by molar-refractivity contribution is 0.0244. The average Bonchev–Trinajstić information content (AvgIpc) is 3.03. The number of carbonyl (C=O) groups is 1. The molecule has 1 aliphatic heterocycles. The largest absolute Gasteiger partial charge is 0.482 e. The number of hydrogen-bond acceptors (Lipinski definition) is 4. The van der Waals surface area contributed by atoms with Gasteiger partial charge in [-0.2, -0.15) is 0 Å². The molecule has 0 amide bonds. The van der Waals surface area contributed by atoms with Crippen LogP contribution < -0.4 is 4.74 Å². The Balaban J connectivity index is 1.86. The molecule has 1 aliphatic carbocycles. The first-order chi connectivity index (χ1) is 11.2. The summed E-state index contributed by atoms with van der Waals surface area (Å²) in [6, 6.07) is 10.2. The number of ether oxygens (including phenoxy) is 2. The predicted molar refractivity (Wildman–Crippen MR) is 91.1 cm³/mol. The highest BCUT2D eigenvalue weighted by atomic mass is 32.1. The van der Waals surface area contributed by atoms with Gasteiger partial charge in [-0.15, -0.1) is 11.3 Å². The molecule has 0 radical (unpaired) electrons. The number of thiophene rings is 1. The fraction of sp³-hybridized carbons (Fsp3) is 0.421. The van der Waals surface area contributed by atoms with Crippen LogP contribution in [0.25, 0.3) is 10.4 Å². The highest BCUT2D eigenvalue weighted by molar-refractivity contribution is 7.17. The van der Waals surface area contributed by atoms with Crippen LogP contribution >= 0.6 is 11.3 Å². The predicted octanol–water partition coefficient (Wildman–Crippen LogP) is 5.14. The fourth-order valence-corrected chi connectivity index (χ4v) is 4.91. The fourth-order valence-electron chi connectivity index (χ4n) is 3.74.